The highest BCUT2D eigenvalue weighted by Gasteiger charge is 2.44. The van der Waals surface area contributed by atoms with Crippen LogP contribution in [0.1, 0.15) is 11.8 Å². The van der Waals surface area contributed by atoms with E-state index in [1.54, 1.807) is 12.1 Å². The van der Waals surface area contributed by atoms with Crippen molar-refractivity contribution in [1.82, 2.24) is 30.2 Å². The predicted octanol–water partition coefficient (Wildman–Crippen LogP) is 0.399. The fourth-order valence-corrected chi connectivity index (χ4v) is 4.36. The van der Waals surface area contributed by atoms with Gasteiger partial charge in [0.1, 0.15) is 29.9 Å². The second kappa shape index (κ2) is 10.3. The second-order valence-corrected chi connectivity index (χ2v) is 8.59. The molecule has 33 heavy (non-hydrogen) atoms. The summed E-state index contributed by atoms with van der Waals surface area (Å²) in [5.41, 5.74) is 7.39. The molecule has 3 aromatic rings. The summed E-state index contributed by atoms with van der Waals surface area (Å²) in [5.74, 6) is 0.882. The Hall–Kier alpha value is -3.00. The highest BCUT2D eigenvalue weighted by molar-refractivity contribution is 7.99. The van der Waals surface area contributed by atoms with Gasteiger partial charge in [0.2, 0.25) is 0 Å². The number of halogens is 1. The standard InChI is InChI=1S/C20H24FN7O4S/c21-12-3-1-11(2-4-12)7-24-20(31)23-5-6-33-8-13-15(29)16(30)19(32-13)28-10-27-14-17(22)25-9-26-18(14)28/h1-4,9-10,13,15-16,19,29-30H,5-8H2,(H2,22,25,26)(H2,23,24,31)/t13-,15-,16-,19-/m1/s1. The minimum absolute atomic E-state index is 0.216. The number of ether oxygens (including phenoxy) is 1. The number of aromatic nitrogens is 4. The zero-order chi connectivity index (χ0) is 23.4. The van der Waals surface area contributed by atoms with Crippen molar-refractivity contribution in [2.24, 2.45) is 0 Å². The van der Waals surface area contributed by atoms with Gasteiger partial charge in [-0.15, -0.1) is 0 Å². The van der Waals surface area contributed by atoms with Crippen molar-refractivity contribution in [2.45, 2.75) is 31.1 Å². The van der Waals surface area contributed by atoms with Gasteiger partial charge in [-0.2, -0.15) is 11.8 Å². The van der Waals surface area contributed by atoms with Crippen LogP contribution >= 0.6 is 11.8 Å². The van der Waals surface area contributed by atoms with Crippen LogP contribution in [0.2, 0.25) is 0 Å². The van der Waals surface area contributed by atoms with Crippen LogP contribution in [0.15, 0.2) is 36.9 Å². The molecule has 13 heteroatoms. The zero-order valence-electron chi connectivity index (χ0n) is 17.5. The number of rotatable bonds is 8. The molecular weight excluding hydrogens is 453 g/mol. The summed E-state index contributed by atoms with van der Waals surface area (Å²) in [6.45, 7) is 0.692. The van der Waals surface area contributed by atoms with Gasteiger partial charge in [0, 0.05) is 24.6 Å². The third-order valence-electron chi connectivity index (χ3n) is 5.18. The second-order valence-electron chi connectivity index (χ2n) is 7.44. The molecule has 1 aromatic carbocycles. The molecule has 2 aromatic heterocycles. The molecule has 0 aliphatic carbocycles. The zero-order valence-corrected chi connectivity index (χ0v) is 18.3. The first-order valence-corrected chi connectivity index (χ1v) is 11.4. The number of carbonyl (C=O) groups is 1. The lowest BCUT2D eigenvalue weighted by molar-refractivity contribution is -0.0289. The number of hydrogen-bond donors (Lipinski definition) is 5. The van der Waals surface area contributed by atoms with Gasteiger partial charge in [-0.25, -0.2) is 24.1 Å². The van der Waals surface area contributed by atoms with Crippen molar-refractivity contribution in [3.05, 3.63) is 48.3 Å². The van der Waals surface area contributed by atoms with E-state index >= 15 is 0 Å². The summed E-state index contributed by atoms with van der Waals surface area (Å²) < 4.78 is 20.3. The van der Waals surface area contributed by atoms with E-state index in [2.05, 4.69) is 25.6 Å². The number of nitrogens with one attached hydrogen (secondary N) is 2. The van der Waals surface area contributed by atoms with Gasteiger partial charge in [0.05, 0.1) is 12.4 Å². The summed E-state index contributed by atoms with van der Waals surface area (Å²) >= 11 is 1.47. The lowest BCUT2D eigenvalue weighted by Gasteiger charge is -2.16. The first-order chi connectivity index (χ1) is 15.9. The van der Waals surface area contributed by atoms with Gasteiger partial charge in [-0.1, -0.05) is 12.1 Å². The van der Waals surface area contributed by atoms with E-state index in [0.717, 1.165) is 5.56 Å². The van der Waals surface area contributed by atoms with Crippen molar-refractivity contribution in [3.8, 4) is 0 Å². The maximum Gasteiger partial charge on any atom is 0.315 e. The fourth-order valence-electron chi connectivity index (χ4n) is 3.44. The molecule has 2 amide bonds. The summed E-state index contributed by atoms with van der Waals surface area (Å²) in [4.78, 5) is 24.1. The molecule has 1 fully saturated rings. The number of imidazole rings is 1. The summed E-state index contributed by atoms with van der Waals surface area (Å²) in [6.07, 6.45) is -0.991. The SMILES string of the molecule is Nc1ncnc2c1ncn2[C@@H]1O[C@H](CSCCNC(=O)NCc2ccc(F)cc2)[C@@H](O)[C@H]1O. The minimum Gasteiger partial charge on any atom is -0.387 e. The number of aliphatic hydroxyl groups excluding tert-OH is 2. The molecule has 11 nitrogen and oxygen atoms in total. The third-order valence-corrected chi connectivity index (χ3v) is 6.24. The Bertz CT molecular complexity index is 1100. The van der Waals surface area contributed by atoms with E-state index in [0.29, 0.717) is 35.8 Å². The molecule has 0 unspecified atom stereocenters. The van der Waals surface area contributed by atoms with Crippen LogP contribution in [0.4, 0.5) is 15.0 Å². The molecule has 1 saturated heterocycles. The van der Waals surface area contributed by atoms with E-state index in [-0.39, 0.29) is 17.7 Å². The van der Waals surface area contributed by atoms with E-state index < -0.39 is 24.5 Å². The number of nitrogens with two attached hydrogens (primary N) is 1. The smallest absolute Gasteiger partial charge is 0.315 e. The Morgan fingerprint density at radius 1 is 1.18 bits per heavy atom. The highest BCUT2D eigenvalue weighted by atomic mass is 32.2. The van der Waals surface area contributed by atoms with Crippen molar-refractivity contribution < 1.29 is 24.1 Å². The Labute approximate surface area is 192 Å². The lowest BCUT2D eigenvalue weighted by Crippen LogP contribution is -2.36. The van der Waals surface area contributed by atoms with Crippen molar-refractivity contribution in [2.75, 3.05) is 23.8 Å². The molecular formula is C20H24FN7O4S. The number of anilines is 1. The number of hydrogen-bond acceptors (Lipinski definition) is 9. The van der Waals surface area contributed by atoms with E-state index in [4.69, 9.17) is 10.5 Å². The van der Waals surface area contributed by atoms with E-state index in [1.807, 2.05) is 0 Å². The van der Waals surface area contributed by atoms with Crippen molar-refractivity contribution in [1.29, 1.82) is 0 Å². The van der Waals surface area contributed by atoms with Gasteiger partial charge in [0.25, 0.3) is 0 Å². The van der Waals surface area contributed by atoms with Crippen LogP contribution < -0.4 is 16.4 Å². The predicted molar refractivity (Wildman–Crippen MR) is 120 cm³/mol. The van der Waals surface area contributed by atoms with Crippen LogP contribution in [-0.4, -0.2) is 72.1 Å². The number of nitrogen functional groups attached to an aromatic ring is 1. The number of carbonyl (C=O) groups excluding carboxylic acids is 1. The lowest BCUT2D eigenvalue weighted by atomic mass is 10.1. The molecule has 4 atom stereocenters. The summed E-state index contributed by atoms with van der Waals surface area (Å²) in [5, 5.41) is 26.3. The van der Waals surface area contributed by atoms with Gasteiger partial charge in [-0.05, 0) is 17.7 Å². The number of urea groups is 1. The van der Waals surface area contributed by atoms with E-state index in [1.165, 1.54) is 41.1 Å². The normalized spacial score (nSPS) is 22.5. The first-order valence-electron chi connectivity index (χ1n) is 10.2. The van der Waals surface area contributed by atoms with Crippen LogP contribution in [0.25, 0.3) is 11.2 Å². The molecule has 0 radical (unpaired) electrons. The van der Waals surface area contributed by atoms with Crippen LogP contribution in [-0.2, 0) is 11.3 Å². The van der Waals surface area contributed by atoms with Crippen LogP contribution in [0, 0.1) is 5.82 Å². The monoisotopic (exact) mass is 477 g/mol. The molecule has 3 heterocycles. The fraction of sp³-hybridized carbons (Fsp3) is 0.400. The number of nitrogens with zero attached hydrogens (tertiary/aromatic N) is 4. The number of amides is 2. The Morgan fingerprint density at radius 3 is 2.76 bits per heavy atom. The van der Waals surface area contributed by atoms with Crippen molar-refractivity contribution in [3.63, 3.8) is 0 Å². The Kier molecular flexibility index (Phi) is 7.23. The first kappa shape index (κ1) is 23.2. The number of fused-ring (bicyclic) bond motifs is 1. The average Bonchev–Trinajstić information content (AvgIpc) is 3.36. The highest BCUT2D eigenvalue weighted by Crippen LogP contribution is 2.33. The number of thioether (sulfide) groups is 1. The van der Waals surface area contributed by atoms with Crippen molar-refractivity contribution >= 4 is 34.8 Å². The molecule has 1 aliphatic rings. The molecule has 6 N–H and O–H groups in total. The largest absolute Gasteiger partial charge is 0.387 e. The summed E-state index contributed by atoms with van der Waals surface area (Å²) in [6, 6.07) is 5.56. The maximum absolute atomic E-state index is 12.9. The average molecular weight is 478 g/mol. The number of aliphatic hydroxyl groups is 2. The Balaban J connectivity index is 1.20. The summed E-state index contributed by atoms with van der Waals surface area (Å²) in [7, 11) is 0. The van der Waals surface area contributed by atoms with Crippen LogP contribution in [0.5, 0.6) is 0 Å². The molecule has 1 aliphatic heterocycles. The van der Waals surface area contributed by atoms with Crippen LogP contribution in [0.3, 0.4) is 0 Å². The van der Waals surface area contributed by atoms with Gasteiger partial charge in [-0.3, -0.25) is 4.57 Å². The molecule has 4 rings (SSSR count). The quantitative estimate of drug-likeness (QED) is 0.289. The number of benzene rings is 1. The molecule has 0 spiro atoms. The molecule has 0 bridgehead atoms. The molecule has 0 saturated carbocycles. The Morgan fingerprint density at radius 2 is 1.97 bits per heavy atom. The minimum atomic E-state index is -1.17. The topological polar surface area (TPSA) is 160 Å². The maximum atomic E-state index is 12.9. The van der Waals surface area contributed by atoms with Gasteiger partial charge < -0.3 is 31.3 Å². The van der Waals surface area contributed by atoms with Gasteiger partial charge in [0.15, 0.2) is 17.7 Å². The molecule has 176 valence electrons. The van der Waals surface area contributed by atoms with Gasteiger partial charge >= 0.3 is 6.03 Å². The third kappa shape index (κ3) is 5.33. The van der Waals surface area contributed by atoms with E-state index in [9.17, 15) is 19.4 Å².